The Morgan fingerprint density at radius 1 is 0.857 bits per heavy atom. The minimum absolute atomic E-state index is 0.0135. The number of nitrogens with zero attached hydrogens (tertiary/aromatic N) is 3. The number of likely N-dealkylation sites (N-methyl/N-ethyl adjacent to an activating group) is 1. The first kappa shape index (κ1) is 34.5. The number of aliphatic hydroxyl groups is 1. The maximum atomic E-state index is 13.3. The van der Waals surface area contributed by atoms with Gasteiger partial charge in [-0.25, -0.2) is 9.59 Å². The molecule has 9 heteroatoms. The van der Waals surface area contributed by atoms with Crippen LogP contribution in [0.25, 0.3) is 0 Å². The zero-order valence-electron chi connectivity index (χ0n) is 31.7. The number of ether oxygens (including phenoxy) is 3. The summed E-state index contributed by atoms with van der Waals surface area (Å²) in [6.45, 7) is 21.2. The quantitative estimate of drug-likeness (QED) is 0.366. The number of carbonyl (C=O) groups excluding carboxylic acids is 2. The summed E-state index contributed by atoms with van der Waals surface area (Å²) < 4.78 is 19.6. The molecule has 3 aliphatic heterocycles. The molecule has 8 aliphatic rings. The molecule has 5 aliphatic carbocycles. The normalized spacial score (nSPS) is 49.0. The first-order valence-corrected chi connectivity index (χ1v) is 20.0. The van der Waals surface area contributed by atoms with Crippen LogP contribution in [0.1, 0.15) is 106 Å². The average molecular weight is 684 g/mol. The summed E-state index contributed by atoms with van der Waals surface area (Å²) in [5.41, 5.74) is 0.188. The van der Waals surface area contributed by atoms with Crippen molar-refractivity contribution in [3.63, 3.8) is 0 Å². The van der Waals surface area contributed by atoms with Crippen LogP contribution in [0.2, 0.25) is 0 Å². The van der Waals surface area contributed by atoms with Crippen molar-refractivity contribution in [1.82, 2.24) is 14.7 Å². The predicted octanol–water partition coefficient (Wildman–Crippen LogP) is 6.42. The summed E-state index contributed by atoms with van der Waals surface area (Å²) in [6, 6.07) is 0. The van der Waals surface area contributed by atoms with Crippen molar-refractivity contribution in [3.8, 4) is 0 Å². The number of aliphatic hydroxyl groups excluding tert-OH is 1. The molecule has 0 aromatic heterocycles. The number of hydrogen-bond acceptors (Lipinski definition) is 7. The smallest absolute Gasteiger partial charge is 0.410 e. The second kappa shape index (κ2) is 11.5. The van der Waals surface area contributed by atoms with Crippen LogP contribution in [0.4, 0.5) is 9.59 Å². The molecule has 2 spiro atoms. The van der Waals surface area contributed by atoms with E-state index >= 15 is 0 Å². The van der Waals surface area contributed by atoms with Gasteiger partial charge in [0.1, 0.15) is 12.2 Å². The summed E-state index contributed by atoms with van der Waals surface area (Å²) in [6.07, 6.45) is 8.15. The molecular formula is C40H65N3O6. The van der Waals surface area contributed by atoms with Gasteiger partial charge in [-0.2, -0.15) is 0 Å². The molecule has 0 aromatic carbocycles. The Bertz CT molecular complexity index is 1330. The van der Waals surface area contributed by atoms with Crippen molar-refractivity contribution < 1.29 is 28.9 Å². The van der Waals surface area contributed by atoms with Crippen LogP contribution < -0.4 is 0 Å². The van der Waals surface area contributed by atoms with E-state index in [4.69, 9.17) is 14.2 Å². The molecule has 8 fully saturated rings. The Morgan fingerprint density at radius 2 is 1.51 bits per heavy atom. The van der Waals surface area contributed by atoms with Gasteiger partial charge in [0.2, 0.25) is 0 Å². The molecule has 1 N–H and O–H groups in total. The standard InChI is InChI=1S/C40H65N3O6/c1-24(2)31(49-35(46)42-16-9-17-42)26-22-25(3)30-32(47-26)33(44)38(7)28-11-10-27-36(4,5)29(48-34(45)43-20-18-41(8)19-21-43)12-13-39(27)23-40(28,39)15-14-37(30,38)6/h24-33,44H,9-23H2,1-8H3. The monoisotopic (exact) mass is 683 g/mol. The van der Waals surface area contributed by atoms with Crippen LogP contribution in [0.5, 0.6) is 0 Å². The lowest BCUT2D eigenvalue weighted by atomic mass is 9.41. The lowest BCUT2D eigenvalue weighted by Crippen LogP contribution is -2.60. The van der Waals surface area contributed by atoms with Crippen LogP contribution in [0, 0.1) is 56.7 Å². The van der Waals surface area contributed by atoms with Crippen LogP contribution in [0.3, 0.4) is 0 Å². The van der Waals surface area contributed by atoms with E-state index in [0.29, 0.717) is 17.8 Å². The van der Waals surface area contributed by atoms with Crippen molar-refractivity contribution in [2.75, 3.05) is 46.3 Å². The second-order valence-electron chi connectivity index (χ2n) is 19.7. The van der Waals surface area contributed by atoms with E-state index in [1.54, 1.807) is 4.90 Å². The van der Waals surface area contributed by atoms with E-state index < -0.39 is 6.10 Å². The lowest BCUT2D eigenvalue weighted by Gasteiger charge is -2.63. The Morgan fingerprint density at radius 3 is 2.16 bits per heavy atom. The second-order valence-corrected chi connectivity index (χ2v) is 19.7. The molecule has 9 nitrogen and oxygen atoms in total. The van der Waals surface area contributed by atoms with Gasteiger partial charge >= 0.3 is 12.2 Å². The van der Waals surface area contributed by atoms with E-state index in [1.807, 2.05) is 4.90 Å². The predicted molar refractivity (Wildman–Crippen MR) is 187 cm³/mol. The van der Waals surface area contributed by atoms with Crippen LogP contribution in [-0.4, -0.2) is 109 Å². The van der Waals surface area contributed by atoms with Crippen molar-refractivity contribution >= 4 is 12.2 Å². The number of piperazine rings is 1. The number of hydrogen-bond donors (Lipinski definition) is 1. The van der Waals surface area contributed by atoms with Crippen molar-refractivity contribution in [2.24, 2.45) is 56.7 Å². The first-order chi connectivity index (χ1) is 23.1. The zero-order valence-corrected chi connectivity index (χ0v) is 31.7. The summed E-state index contributed by atoms with van der Waals surface area (Å²) >= 11 is 0. The highest BCUT2D eigenvalue weighted by molar-refractivity contribution is 5.69. The summed E-state index contributed by atoms with van der Waals surface area (Å²) in [5, 5.41) is 12.7. The molecule has 13 atom stereocenters. The molecule has 276 valence electrons. The number of carbonyl (C=O) groups is 2. The summed E-state index contributed by atoms with van der Waals surface area (Å²) in [7, 11) is 2.11. The largest absolute Gasteiger partial charge is 0.446 e. The van der Waals surface area contributed by atoms with Crippen molar-refractivity contribution in [1.29, 1.82) is 0 Å². The Labute approximate surface area is 295 Å². The van der Waals surface area contributed by atoms with Crippen LogP contribution in [-0.2, 0) is 14.2 Å². The zero-order chi connectivity index (χ0) is 34.9. The SMILES string of the molecule is CC(C)C(OC(=O)N1CCC1)C1CC(C)C2C(O1)C(O)C1(C)C3CCC4C(C)(C)C(OC(=O)N5CCN(C)CC5)CCC45CC35CCC21C. The third-order valence-electron chi connectivity index (χ3n) is 17.1. The number of likely N-dealkylation sites (tertiary alicyclic amines) is 1. The number of amides is 2. The molecule has 3 heterocycles. The highest BCUT2D eigenvalue weighted by Gasteiger charge is 2.84. The topological polar surface area (TPSA) is 91.8 Å². The number of rotatable bonds is 4. The van der Waals surface area contributed by atoms with Gasteiger partial charge < -0.3 is 34.0 Å². The van der Waals surface area contributed by atoms with Crippen molar-refractivity contribution in [3.05, 3.63) is 0 Å². The van der Waals surface area contributed by atoms with Crippen molar-refractivity contribution in [2.45, 2.75) is 137 Å². The Kier molecular flexibility index (Phi) is 8.07. The van der Waals surface area contributed by atoms with Gasteiger partial charge in [0.15, 0.2) is 0 Å². The molecule has 8 rings (SSSR count). The van der Waals surface area contributed by atoms with E-state index in [2.05, 4.69) is 60.4 Å². The molecule has 2 amide bonds. The highest BCUT2D eigenvalue weighted by atomic mass is 16.6. The Hall–Kier alpha value is -1.58. The fourth-order valence-corrected chi connectivity index (χ4v) is 14.3. The summed E-state index contributed by atoms with van der Waals surface area (Å²) in [4.78, 5) is 32.3. The van der Waals surface area contributed by atoms with Gasteiger partial charge in [-0.3, -0.25) is 0 Å². The number of fused-ring (bicyclic) bond motifs is 4. The van der Waals surface area contributed by atoms with Gasteiger partial charge in [0.05, 0.1) is 18.3 Å². The maximum absolute atomic E-state index is 13.3. The third-order valence-corrected chi connectivity index (χ3v) is 17.1. The highest BCUT2D eigenvalue weighted by Crippen LogP contribution is 2.89. The Balaban J connectivity index is 1.02. The molecular weight excluding hydrogens is 618 g/mol. The van der Waals surface area contributed by atoms with E-state index in [-0.39, 0.29) is 75.5 Å². The maximum Gasteiger partial charge on any atom is 0.410 e. The van der Waals surface area contributed by atoms with Gasteiger partial charge in [-0.05, 0) is 111 Å². The van der Waals surface area contributed by atoms with Crippen LogP contribution in [0.15, 0.2) is 0 Å². The fourth-order valence-electron chi connectivity index (χ4n) is 14.3. The van der Waals surface area contributed by atoms with Gasteiger partial charge in [-0.15, -0.1) is 0 Å². The van der Waals surface area contributed by atoms with E-state index in [9.17, 15) is 14.7 Å². The fraction of sp³-hybridized carbons (Fsp3) is 0.950. The molecule has 0 radical (unpaired) electrons. The molecule has 0 bridgehead atoms. The van der Waals surface area contributed by atoms with Crippen LogP contribution >= 0.6 is 0 Å². The van der Waals surface area contributed by atoms with Gasteiger partial charge in [0, 0.05) is 50.1 Å². The molecule has 0 aromatic rings. The van der Waals surface area contributed by atoms with Gasteiger partial charge in [0.25, 0.3) is 0 Å². The first-order valence-electron chi connectivity index (χ1n) is 20.0. The lowest BCUT2D eigenvalue weighted by molar-refractivity contribution is -0.185. The molecule has 5 saturated carbocycles. The minimum Gasteiger partial charge on any atom is -0.446 e. The van der Waals surface area contributed by atoms with Gasteiger partial charge in [-0.1, -0.05) is 48.5 Å². The molecule has 49 heavy (non-hydrogen) atoms. The van der Waals surface area contributed by atoms with E-state index in [0.717, 1.165) is 84.2 Å². The average Bonchev–Trinajstić information content (AvgIpc) is 3.65. The summed E-state index contributed by atoms with van der Waals surface area (Å²) in [5.74, 6) is 1.77. The third kappa shape index (κ3) is 4.65. The minimum atomic E-state index is -0.545. The molecule has 3 saturated heterocycles. The molecule has 13 unspecified atom stereocenters. The van der Waals surface area contributed by atoms with E-state index in [1.165, 1.54) is 12.8 Å².